The van der Waals surface area contributed by atoms with E-state index in [-0.39, 0.29) is 0 Å². The van der Waals surface area contributed by atoms with Crippen molar-refractivity contribution in [3.63, 3.8) is 0 Å². The van der Waals surface area contributed by atoms with E-state index < -0.39 is 0 Å². The Morgan fingerprint density at radius 2 is 2.00 bits per heavy atom. The Morgan fingerprint density at radius 3 is 2.57 bits per heavy atom. The molecule has 4 nitrogen and oxygen atoms in total. The van der Waals surface area contributed by atoms with Gasteiger partial charge in [0, 0.05) is 24.5 Å². The largest absolute Gasteiger partial charge is 0.306 e. The minimum absolute atomic E-state index is 0.692. The van der Waals surface area contributed by atoms with Gasteiger partial charge in [0.1, 0.15) is 0 Å². The molecule has 3 atom stereocenters. The lowest BCUT2D eigenvalue weighted by molar-refractivity contribution is 0.128. The first-order chi connectivity index (χ1) is 6.81. The molecule has 4 heteroatoms. The number of piperidine rings is 1. The molecule has 0 aromatic heterocycles. The van der Waals surface area contributed by atoms with Gasteiger partial charge in [-0.3, -0.25) is 0 Å². The van der Waals surface area contributed by atoms with E-state index in [4.69, 9.17) is 5.53 Å². The smallest absolute Gasteiger partial charge is 0.0260 e. The molecule has 0 N–H and O–H groups in total. The van der Waals surface area contributed by atoms with Gasteiger partial charge in [0.25, 0.3) is 0 Å². The second-order valence-corrected chi connectivity index (χ2v) is 4.73. The van der Waals surface area contributed by atoms with Crippen LogP contribution in [-0.4, -0.2) is 31.6 Å². The fraction of sp³-hybridized carbons (Fsp3) is 1.00. The highest BCUT2D eigenvalue weighted by Crippen LogP contribution is 2.43. The standard InChI is InChI=1S/C10H18N4/c1-14-6-8-2-3-9(7-14)10(8)4-5-12-13-11/h8-10H,2-7H2,1H3/t8-,9+,10?. The molecule has 0 aromatic carbocycles. The van der Waals surface area contributed by atoms with Crippen LogP contribution in [0.15, 0.2) is 5.11 Å². The van der Waals surface area contributed by atoms with Crippen LogP contribution in [0.2, 0.25) is 0 Å². The first-order valence-electron chi connectivity index (χ1n) is 5.50. The molecule has 0 amide bonds. The summed E-state index contributed by atoms with van der Waals surface area (Å²) in [5.41, 5.74) is 8.24. The first kappa shape index (κ1) is 9.81. The molecule has 1 saturated heterocycles. The molecule has 2 bridgehead atoms. The molecular weight excluding hydrogens is 176 g/mol. The summed E-state index contributed by atoms with van der Waals surface area (Å²) in [5.74, 6) is 2.57. The van der Waals surface area contributed by atoms with Crippen molar-refractivity contribution in [1.29, 1.82) is 0 Å². The predicted molar refractivity (Wildman–Crippen MR) is 55.8 cm³/mol. The van der Waals surface area contributed by atoms with Gasteiger partial charge in [-0.05, 0) is 49.6 Å². The lowest BCUT2D eigenvalue weighted by Crippen LogP contribution is -2.39. The van der Waals surface area contributed by atoms with Crippen LogP contribution in [0.25, 0.3) is 10.4 Å². The highest BCUT2D eigenvalue weighted by molar-refractivity contribution is 4.91. The van der Waals surface area contributed by atoms with Crippen molar-refractivity contribution in [3.05, 3.63) is 10.4 Å². The molecule has 2 fully saturated rings. The monoisotopic (exact) mass is 194 g/mol. The van der Waals surface area contributed by atoms with Crippen molar-refractivity contribution in [3.8, 4) is 0 Å². The van der Waals surface area contributed by atoms with Crippen molar-refractivity contribution >= 4 is 0 Å². The van der Waals surface area contributed by atoms with E-state index in [1.807, 2.05) is 0 Å². The number of nitrogens with zero attached hydrogens (tertiary/aromatic N) is 4. The third kappa shape index (κ3) is 1.86. The lowest BCUT2D eigenvalue weighted by Gasteiger charge is -2.35. The number of hydrogen-bond acceptors (Lipinski definition) is 2. The van der Waals surface area contributed by atoms with E-state index in [9.17, 15) is 0 Å². The van der Waals surface area contributed by atoms with Crippen LogP contribution in [0.4, 0.5) is 0 Å². The van der Waals surface area contributed by atoms with Gasteiger partial charge in [0.05, 0.1) is 0 Å². The summed E-state index contributed by atoms with van der Waals surface area (Å²) in [6, 6.07) is 0. The Bertz CT molecular complexity index is 233. The summed E-state index contributed by atoms with van der Waals surface area (Å²) in [7, 11) is 2.22. The highest BCUT2D eigenvalue weighted by atomic mass is 15.1. The summed E-state index contributed by atoms with van der Waals surface area (Å²) in [6.07, 6.45) is 3.87. The third-order valence-corrected chi connectivity index (χ3v) is 3.84. The highest BCUT2D eigenvalue weighted by Gasteiger charge is 2.39. The van der Waals surface area contributed by atoms with Crippen molar-refractivity contribution in [2.24, 2.45) is 22.9 Å². The zero-order valence-corrected chi connectivity index (χ0v) is 8.76. The van der Waals surface area contributed by atoms with Crippen LogP contribution in [0, 0.1) is 17.8 Å². The molecule has 78 valence electrons. The Balaban J connectivity index is 1.90. The van der Waals surface area contributed by atoms with Crippen LogP contribution < -0.4 is 0 Å². The maximum atomic E-state index is 8.24. The number of fused-ring (bicyclic) bond motifs is 2. The number of hydrogen-bond donors (Lipinski definition) is 0. The zero-order valence-electron chi connectivity index (χ0n) is 8.76. The van der Waals surface area contributed by atoms with Gasteiger partial charge in [-0.25, -0.2) is 0 Å². The fourth-order valence-electron chi connectivity index (χ4n) is 3.29. The molecule has 0 radical (unpaired) electrons. The van der Waals surface area contributed by atoms with E-state index >= 15 is 0 Å². The summed E-state index contributed by atoms with van der Waals surface area (Å²) in [5, 5.41) is 3.65. The van der Waals surface area contributed by atoms with E-state index in [0.29, 0.717) is 6.54 Å². The van der Waals surface area contributed by atoms with Gasteiger partial charge in [-0.1, -0.05) is 5.11 Å². The molecule has 2 aliphatic rings. The van der Waals surface area contributed by atoms with Gasteiger partial charge in [0.2, 0.25) is 0 Å². The average Bonchev–Trinajstić information content (AvgIpc) is 2.42. The maximum absolute atomic E-state index is 8.24. The van der Waals surface area contributed by atoms with Gasteiger partial charge >= 0.3 is 0 Å². The Kier molecular flexibility index (Phi) is 2.94. The van der Waals surface area contributed by atoms with Gasteiger partial charge < -0.3 is 4.90 Å². The van der Waals surface area contributed by atoms with Crippen LogP contribution in [0.3, 0.4) is 0 Å². The van der Waals surface area contributed by atoms with Crippen molar-refractivity contribution < 1.29 is 0 Å². The zero-order chi connectivity index (χ0) is 9.97. The summed E-state index contributed by atoms with van der Waals surface area (Å²) >= 11 is 0. The minimum Gasteiger partial charge on any atom is -0.306 e. The van der Waals surface area contributed by atoms with E-state index in [2.05, 4.69) is 22.0 Å². The maximum Gasteiger partial charge on any atom is 0.0260 e. The normalized spacial score (nSPS) is 36.8. The second kappa shape index (κ2) is 4.20. The predicted octanol–water partition coefficient (Wildman–Crippen LogP) is 2.27. The van der Waals surface area contributed by atoms with Crippen LogP contribution >= 0.6 is 0 Å². The van der Waals surface area contributed by atoms with E-state index in [1.54, 1.807) is 0 Å². The van der Waals surface area contributed by atoms with Crippen molar-refractivity contribution in [2.75, 3.05) is 26.7 Å². The third-order valence-electron chi connectivity index (χ3n) is 3.84. The summed E-state index contributed by atoms with van der Waals surface area (Å²) < 4.78 is 0. The molecule has 1 aliphatic carbocycles. The Labute approximate surface area is 84.9 Å². The fourth-order valence-corrected chi connectivity index (χ4v) is 3.29. The van der Waals surface area contributed by atoms with Gasteiger partial charge in [-0.2, -0.15) is 0 Å². The number of rotatable bonds is 3. The topological polar surface area (TPSA) is 52.0 Å². The van der Waals surface area contributed by atoms with E-state index in [1.165, 1.54) is 25.9 Å². The molecule has 0 spiro atoms. The number of likely N-dealkylation sites (tertiary alicyclic amines) is 1. The second-order valence-electron chi connectivity index (χ2n) is 4.73. The van der Waals surface area contributed by atoms with Crippen LogP contribution in [0.1, 0.15) is 19.3 Å². The molecule has 1 unspecified atom stereocenters. The summed E-state index contributed by atoms with van der Waals surface area (Å²) in [4.78, 5) is 5.27. The molecule has 14 heavy (non-hydrogen) atoms. The van der Waals surface area contributed by atoms with Crippen LogP contribution in [0.5, 0.6) is 0 Å². The SMILES string of the molecule is CN1C[C@H]2CC[C@@H](C1)C2CCN=[N+]=[N-]. The molecule has 2 rings (SSSR count). The minimum atomic E-state index is 0.692. The molecular formula is C10H18N4. The Morgan fingerprint density at radius 1 is 1.36 bits per heavy atom. The van der Waals surface area contributed by atoms with Crippen molar-refractivity contribution in [2.45, 2.75) is 19.3 Å². The molecule has 1 aliphatic heterocycles. The lowest BCUT2D eigenvalue weighted by atomic mass is 9.83. The summed E-state index contributed by atoms with van der Waals surface area (Å²) in [6.45, 7) is 3.19. The average molecular weight is 194 g/mol. The molecule has 1 saturated carbocycles. The number of azide groups is 1. The molecule has 1 heterocycles. The Hall–Kier alpha value is -0.730. The molecule has 0 aromatic rings. The van der Waals surface area contributed by atoms with Gasteiger partial charge in [-0.15, -0.1) is 0 Å². The first-order valence-corrected chi connectivity index (χ1v) is 5.50. The van der Waals surface area contributed by atoms with Gasteiger partial charge in [0.15, 0.2) is 0 Å². The van der Waals surface area contributed by atoms with Crippen molar-refractivity contribution in [1.82, 2.24) is 4.90 Å². The van der Waals surface area contributed by atoms with E-state index in [0.717, 1.165) is 24.2 Å². The quantitative estimate of drug-likeness (QED) is 0.386. The van der Waals surface area contributed by atoms with Crippen LogP contribution in [-0.2, 0) is 0 Å².